The molecule has 1 heteroatoms. The van der Waals surface area contributed by atoms with Gasteiger partial charge < -0.3 is 0 Å². The van der Waals surface area contributed by atoms with Gasteiger partial charge in [0.1, 0.15) is 0 Å². The van der Waals surface area contributed by atoms with Crippen molar-refractivity contribution in [3.8, 4) is 0 Å². The van der Waals surface area contributed by atoms with E-state index in [9.17, 15) is 0 Å². The van der Waals surface area contributed by atoms with Crippen molar-refractivity contribution in [1.82, 2.24) is 5.32 Å². The topological polar surface area (TPSA) is 14.1 Å². The monoisotopic (exact) mass is 230 g/mol. The quantitative estimate of drug-likeness (QED) is 0.743. The Morgan fingerprint density at radius 2 is 2.00 bits per heavy atom. The fraction of sp³-hybridized carbons (Fsp3) is 0.625. The summed E-state index contributed by atoms with van der Waals surface area (Å²) in [5.41, 5.74) is 1.51. The molecule has 0 aromatic heterocycles. The third-order valence-electron chi connectivity index (χ3n) is 3.77. The lowest BCUT2D eigenvalue weighted by Gasteiger charge is -2.29. The fourth-order valence-corrected chi connectivity index (χ4v) is 2.70. The van der Waals surface area contributed by atoms with Gasteiger partial charge in [-0.3, -0.25) is 0 Å². The second-order valence-corrected chi connectivity index (χ2v) is 5.66. The molecule has 17 heavy (non-hydrogen) atoms. The van der Waals surface area contributed by atoms with Gasteiger partial charge in [0.2, 0.25) is 0 Å². The first-order valence-corrected chi connectivity index (χ1v) is 6.97. The second kappa shape index (κ2) is 6.20. The zero-order chi connectivity index (χ0) is 12.1. The van der Waals surface area contributed by atoms with Gasteiger partial charge in [-0.25, -0.2) is 5.32 Å². The van der Waals surface area contributed by atoms with Crippen molar-refractivity contribution in [2.24, 2.45) is 5.92 Å². The minimum absolute atomic E-state index is 0.608. The molecule has 93 valence electrons. The molecule has 0 N–H and O–H groups in total. The predicted molar refractivity (Wildman–Crippen MR) is 73.3 cm³/mol. The Balaban J connectivity index is 1.89. The van der Waals surface area contributed by atoms with Crippen LogP contribution < -0.4 is 5.32 Å². The van der Waals surface area contributed by atoms with Gasteiger partial charge in [-0.2, -0.15) is 0 Å². The van der Waals surface area contributed by atoms with E-state index in [1.54, 1.807) is 0 Å². The van der Waals surface area contributed by atoms with Crippen molar-refractivity contribution in [3.63, 3.8) is 0 Å². The maximum absolute atomic E-state index is 4.78. The number of nitrogens with zero attached hydrogens (tertiary/aromatic N) is 1. The standard InChI is InChI=1S/C16H24N/c1-13(2)8-9-16-12-15(10-11-17-16)14-6-4-3-5-7-14/h3-7,13,15-16H,8-12H2,1-2H3. The minimum Gasteiger partial charge on any atom is -0.238 e. The van der Waals surface area contributed by atoms with Crippen LogP contribution in [0.2, 0.25) is 0 Å². The van der Waals surface area contributed by atoms with E-state index in [1.807, 2.05) is 0 Å². The summed E-state index contributed by atoms with van der Waals surface area (Å²) in [6.45, 7) is 5.66. The van der Waals surface area contributed by atoms with Crippen LogP contribution in [0.3, 0.4) is 0 Å². The fourth-order valence-electron chi connectivity index (χ4n) is 2.70. The zero-order valence-electron chi connectivity index (χ0n) is 11.1. The zero-order valence-corrected chi connectivity index (χ0v) is 11.1. The van der Waals surface area contributed by atoms with Crippen LogP contribution in [0.25, 0.3) is 0 Å². The normalized spacial score (nSPS) is 25.1. The third kappa shape index (κ3) is 3.85. The van der Waals surface area contributed by atoms with Gasteiger partial charge in [-0.15, -0.1) is 0 Å². The summed E-state index contributed by atoms with van der Waals surface area (Å²) >= 11 is 0. The van der Waals surface area contributed by atoms with Crippen LogP contribution in [-0.4, -0.2) is 12.6 Å². The molecule has 1 nitrogen and oxygen atoms in total. The molecular weight excluding hydrogens is 206 g/mol. The Kier molecular flexibility index (Phi) is 4.61. The van der Waals surface area contributed by atoms with E-state index in [4.69, 9.17) is 5.32 Å². The molecule has 2 rings (SSSR count). The molecule has 1 radical (unpaired) electrons. The highest BCUT2D eigenvalue weighted by Crippen LogP contribution is 2.30. The molecule has 1 saturated heterocycles. The molecule has 1 fully saturated rings. The van der Waals surface area contributed by atoms with Gasteiger partial charge in [-0.1, -0.05) is 44.2 Å². The molecule has 0 amide bonds. The summed E-state index contributed by atoms with van der Waals surface area (Å²) in [5.74, 6) is 1.55. The molecule has 1 aliphatic rings. The van der Waals surface area contributed by atoms with E-state index in [-0.39, 0.29) is 0 Å². The number of hydrogen-bond donors (Lipinski definition) is 0. The maximum Gasteiger partial charge on any atom is 0.0251 e. The molecule has 0 saturated carbocycles. The molecule has 1 aromatic carbocycles. The molecular formula is C16H24N. The first-order chi connectivity index (χ1) is 8.25. The Bertz CT molecular complexity index is 318. The lowest BCUT2D eigenvalue weighted by atomic mass is 9.84. The third-order valence-corrected chi connectivity index (χ3v) is 3.77. The van der Waals surface area contributed by atoms with Gasteiger partial charge in [0.05, 0.1) is 0 Å². The molecule has 2 atom stereocenters. The number of piperidine rings is 1. The summed E-state index contributed by atoms with van der Waals surface area (Å²) < 4.78 is 0. The minimum atomic E-state index is 0.608. The molecule has 2 unspecified atom stereocenters. The van der Waals surface area contributed by atoms with Crippen molar-refractivity contribution >= 4 is 0 Å². The van der Waals surface area contributed by atoms with Gasteiger partial charge in [-0.05, 0) is 43.1 Å². The van der Waals surface area contributed by atoms with Crippen molar-refractivity contribution in [2.75, 3.05) is 6.54 Å². The van der Waals surface area contributed by atoms with Crippen LogP contribution >= 0.6 is 0 Å². The van der Waals surface area contributed by atoms with Gasteiger partial charge >= 0.3 is 0 Å². The van der Waals surface area contributed by atoms with Crippen molar-refractivity contribution < 1.29 is 0 Å². The van der Waals surface area contributed by atoms with Crippen molar-refractivity contribution in [1.29, 1.82) is 0 Å². The van der Waals surface area contributed by atoms with Crippen LogP contribution in [0.4, 0.5) is 0 Å². The molecule has 0 bridgehead atoms. The summed E-state index contributed by atoms with van der Waals surface area (Å²) in [6, 6.07) is 11.6. The molecule has 1 heterocycles. The maximum atomic E-state index is 4.78. The molecule has 1 aliphatic heterocycles. The number of rotatable bonds is 4. The van der Waals surface area contributed by atoms with Crippen LogP contribution in [0.1, 0.15) is 51.0 Å². The Morgan fingerprint density at radius 1 is 1.24 bits per heavy atom. The Labute approximate surface area is 106 Å². The van der Waals surface area contributed by atoms with E-state index < -0.39 is 0 Å². The highest BCUT2D eigenvalue weighted by molar-refractivity contribution is 5.20. The van der Waals surface area contributed by atoms with Crippen LogP contribution in [-0.2, 0) is 0 Å². The molecule has 0 spiro atoms. The lowest BCUT2D eigenvalue weighted by Crippen LogP contribution is -2.32. The first-order valence-electron chi connectivity index (χ1n) is 6.97. The molecule has 1 aromatic rings. The summed E-state index contributed by atoms with van der Waals surface area (Å²) in [5, 5.41) is 4.78. The van der Waals surface area contributed by atoms with Crippen LogP contribution in [0.5, 0.6) is 0 Å². The average molecular weight is 230 g/mol. The largest absolute Gasteiger partial charge is 0.238 e. The van der Waals surface area contributed by atoms with Gasteiger partial charge in [0.25, 0.3) is 0 Å². The van der Waals surface area contributed by atoms with E-state index in [1.165, 1.54) is 31.2 Å². The summed E-state index contributed by atoms with van der Waals surface area (Å²) in [4.78, 5) is 0. The lowest BCUT2D eigenvalue weighted by molar-refractivity contribution is 0.323. The average Bonchev–Trinajstić information content (AvgIpc) is 2.38. The smallest absolute Gasteiger partial charge is 0.0251 e. The van der Waals surface area contributed by atoms with Crippen LogP contribution in [0, 0.1) is 5.92 Å². The summed E-state index contributed by atoms with van der Waals surface area (Å²) in [7, 11) is 0. The van der Waals surface area contributed by atoms with Crippen molar-refractivity contribution in [3.05, 3.63) is 35.9 Å². The first kappa shape index (κ1) is 12.6. The van der Waals surface area contributed by atoms with E-state index in [0.29, 0.717) is 6.04 Å². The van der Waals surface area contributed by atoms with E-state index in [2.05, 4.69) is 44.2 Å². The van der Waals surface area contributed by atoms with E-state index >= 15 is 0 Å². The SMILES string of the molecule is CC(C)CCC1CC(c2ccccc2)CC[N]1. The number of benzene rings is 1. The van der Waals surface area contributed by atoms with Crippen molar-refractivity contribution in [2.45, 2.75) is 51.5 Å². The van der Waals surface area contributed by atoms with Crippen LogP contribution in [0.15, 0.2) is 30.3 Å². The molecule has 0 aliphatic carbocycles. The second-order valence-electron chi connectivity index (χ2n) is 5.66. The predicted octanol–water partition coefficient (Wildman–Crippen LogP) is 3.97. The van der Waals surface area contributed by atoms with Gasteiger partial charge in [0, 0.05) is 12.6 Å². The van der Waals surface area contributed by atoms with Gasteiger partial charge in [0.15, 0.2) is 0 Å². The highest BCUT2D eigenvalue weighted by Gasteiger charge is 2.23. The Morgan fingerprint density at radius 3 is 2.71 bits per heavy atom. The number of hydrogen-bond acceptors (Lipinski definition) is 0. The van der Waals surface area contributed by atoms with E-state index in [0.717, 1.165) is 18.4 Å². The summed E-state index contributed by atoms with van der Waals surface area (Å²) in [6.07, 6.45) is 5.09. The Hall–Kier alpha value is -0.820. The highest BCUT2D eigenvalue weighted by atomic mass is 14.9.